The van der Waals surface area contributed by atoms with Gasteiger partial charge < -0.3 is 15.5 Å². The molecule has 5 rings (SSSR count). The molecule has 0 saturated carbocycles. The fraction of sp³-hybridized carbons (Fsp3) is 0.192. The van der Waals surface area contributed by atoms with Gasteiger partial charge >= 0.3 is 0 Å². The van der Waals surface area contributed by atoms with Crippen LogP contribution in [0, 0.1) is 0 Å². The summed E-state index contributed by atoms with van der Waals surface area (Å²) in [5.41, 5.74) is 4.61. The third-order valence-corrected chi connectivity index (χ3v) is 6.96. The van der Waals surface area contributed by atoms with Crippen molar-refractivity contribution >= 4 is 51.3 Å². The normalized spacial score (nSPS) is 12.5. The SMILES string of the molecule is Clc1ccc2c(NCCCNCCN3c4ccccc4Sc4ccccc43)ccnc2c1. The Hall–Kier alpha value is -2.73. The number of aromatic nitrogens is 1. The number of halogens is 1. The Balaban J connectivity index is 1.12. The van der Waals surface area contributed by atoms with Crippen LogP contribution >= 0.6 is 23.4 Å². The van der Waals surface area contributed by atoms with E-state index in [0.29, 0.717) is 5.02 Å². The second kappa shape index (κ2) is 9.82. The van der Waals surface area contributed by atoms with Gasteiger partial charge in [0, 0.05) is 51.7 Å². The fourth-order valence-corrected chi connectivity index (χ4v) is 5.31. The predicted molar refractivity (Wildman–Crippen MR) is 137 cm³/mol. The molecule has 0 bridgehead atoms. The molecule has 2 heterocycles. The van der Waals surface area contributed by atoms with Crippen molar-refractivity contribution in [2.75, 3.05) is 36.4 Å². The largest absolute Gasteiger partial charge is 0.384 e. The van der Waals surface area contributed by atoms with Crippen molar-refractivity contribution in [2.45, 2.75) is 16.2 Å². The number of nitrogens with zero attached hydrogens (tertiary/aromatic N) is 2. The lowest BCUT2D eigenvalue weighted by molar-refractivity contribution is 0.660. The molecule has 1 aliphatic rings. The minimum absolute atomic E-state index is 0.712. The van der Waals surface area contributed by atoms with Crippen molar-refractivity contribution in [3.63, 3.8) is 0 Å². The molecule has 1 aliphatic heterocycles. The molecular weight excluding hydrogens is 436 g/mol. The number of hydrogen-bond acceptors (Lipinski definition) is 5. The van der Waals surface area contributed by atoms with Crippen LogP contribution in [0.4, 0.5) is 17.1 Å². The van der Waals surface area contributed by atoms with Crippen LogP contribution in [0.2, 0.25) is 5.02 Å². The van der Waals surface area contributed by atoms with E-state index < -0.39 is 0 Å². The van der Waals surface area contributed by atoms with Crippen molar-refractivity contribution < 1.29 is 0 Å². The molecule has 32 heavy (non-hydrogen) atoms. The molecule has 0 spiro atoms. The Bertz CT molecular complexity index is 1180. The summed E-state index contributed by atoms with van der Waals surface area (Å²) in [4.78, 5) is 9.48. The summed E-state index contributed by atoms with van der Waals surface area (Å²) in [6.45, 7) is 3.75. The van der Waals surface area contributed by atoms with Gasteiger partial charge in [0.1, 0.15) is 0 Å². The van der Waals surface area contributed by atoms with Gasteiger partial charge in [-0.05, 0) is 61.5 Å². The van der Waals surface area contributed by atoms with Gasteiger partial charge in [0.15, 0.2) is 0 Å². The predicted octanol–water partition coefficient (Wildman–Crippen LogP) is 6.58. The monoisotopic (exact) mass is 460 g/mol. The summed E-state index contributed by atoms with van der Waals surface area (Å²) in [6.07, 6.45) is 2.87. The van der Waals surface area contributed by atoms with Crippen LogP contribution in [0.3, 0.4) is 0 Å². The molecule has 0 saturated heterocycles. The first-order valence-electron chi connectivity index (χ1n) is 10.9. The standard InChI is InChI=1S/C26H25ClN4S/c27-19-10-11-20-21(12-15-30-22(20)18-19)29-14-5-13-28-16-17-31-23-6-1-3-8-25(23)32-26-9-4-2-7-24(26)31/h1-4,6-12,15,18,28H,5,13-14,16-17H2,(H,29,30). The summed E-state index contributed by atoms with van der Waals surface area (Å²) in [7, 11) is 0. The molecule has 1 aromatic heterocycles. The average molecular weight is 461 g/mol. The van der Waals surface area contributed by atoms with Crippen LogP contribution in [0.25, 0.3) is 10.9 Å². The molecule has 162 valence electrons. The molecule has 0 fully saturated rings. The highest BCUT2D eigenvalue weighted by Crippen LogP contribution is 2.47. The van der Waals surface area contributed by atoms with Gasteiger partial charge in [-0.25, -0.2) is 0 Å². The molecule has 4 nitrogen and oxygen atoms in total. The summed E-state index contributed by atoms with van der Waals surface area (Å²) in [5.74, 6) is 0. The highest BCUT2D eigenvalue weighted by atomic mass is 35.5. The minimum atomic E-state index is 0.712. The number of para-hydroxylation sites is 2. The zero-order valence-corrected chi connectivity index (χ0v) is 19.3. The third-order valence-electron chi connectivity index (χ3n) is 5.59. The molecule has 0 amide bonds. The Morgan fingerprint density at radius 1 is 0.844 bits per heavy atom. The van der Waals surface area contributed by atoms with Crippen molar-refractivity contribution in [2.24, 2.45) is 0 Å². The number of anilines is 3. The molecule has 0 radical (unpaired) electrons. The summed E-state index contributed by atoms with van der Waals surface area (Å²) in [5, 5.41) is 8.96. The van der Waals surface area contributed by atoms with Crippen LogP contribution < -0.4 is 15.5 Å². The van der Waals surface area contributed by atoms with Gasteiger partial charge in [0.25, 0.3) is 0 Å². The number of hydrogen-bond donors (Lipinski definition) is 2. The maximum atomic E-state index is 6.09. The van der Waals surface area contributed by atoms with E-state index in [1.54, 1.807) is 0 Å². The number of nitrogens with one attached hydrogen (secondary N) is 2. The second-order valence-corrected chi connectivity index (χ2v) is 9.26. The maximum Gasteiger partial charge on any atom is 0.0737 e. The zero-order chi connectivity index (χ0) is 21.8. The van der Waals surface area contributed by atoms with E-state index in [1.807, 2.05) is 42.2 Å². The van der Waals surface area contributed by atoms with Crippen LogP contribution in [-0.2, 0) is 0 Å². The topological polar surface area (TPSA) is 40.2 Å². The molecule has 2 N–H and O–H groups in total. The summed E-state index contributed by atoms with van der Waals surface area (Å²) >= 11 is 7.94. The van der Waals surface area contributed by atoms with Crippen LogP contribution in [0.15, 0.2) is 88.8 Å². The van der Waals surface area contributed by atoms with E-state index in [2.05, 4.69) is 69.0 Å². The van der Waals surface area contributed by atoms with E-state index in [4.69, 9.17) is 11.6 Å². The van der Waals surface area contributed by atoms with Gasteiger partial charge in [-0.15, -0.1) is 0 Å². The smallest absolute Gasteiger partial charge is 0.0737 e. The molecule has 3 aromatic carbocycles. The van der Waals surface area contributed by atoms with Crippen LogP contribution in [0.5, 0.6) is 0 Å². The van der Waals surface area contributed by atoms with E-state index in [1.165, 1.54) is 21.2 Å². The fourth-order valence-electron chi connectivity index (χ4n) is 4.05. The molecule has 0 unspecified atom stereocenters. The van der Waals surface area contributed by atoms with Crippen molar-refractivity contribution in [1.29, 1.82) is 0 Å². The van der Waals surface area contributed by atoms with Gasteiger partial charge in [-0.3, -0.25) is 4.98 Å². The van der Waals surface area contributed by atoms with E-state index in [0.717, 1.165) is 49.2 Å². The van der Waals surface area contributed by atoms with E-state index in [9.17, 15) is 0 Å². The van der Waals surface area contributed by atoms with Crippen LogP contribution in [-0.4, -0.2) is 31.2 Å². The van der Waals surface area contributed by atoms with Crippen molar-refractivity contribution in [3.8, 4) is 0 Å². The van der Waals surface area contributed by atoms with Crippen molar-refractivity contribution in [3.05, 3.63) is 84.0 Å². The number of fused-ring (bicyclic) bond motifs is 3. The summed E-state index contributed by atoms with van der Waals surface area (Å²) < 4.78 is 0. The van der Waals surface area contributed by atoms with Gasteiger partial charge in [0.2, 0.25) is 0 Å². The minimum Gasteiger partial charge on any atom is -0.384 e. The first kappa shape index (κ1) is 21.1. The lowest BCUT2D eigenvalue weighted by Gasteiger charge is -2.32. The summed E-state index contributed by atoms with van der Waals surface area (Å²) in [6, 6.07) is 25.2. The van der Waals surface area contributed by atoms with Gasteiger partial charge in [-0.2, -0.15) is 0 Å². The molecular formula is C26H25ClN4S. The lowest BCUT2D eigenvalue weighted by Crippen LogP contribution is -2.31. The first-order chi connectivity index (χ1) is 15.8. The van der Waals surface area contributed by atoms with Crippen LogP contribution in [0.1, 0.15) is 6.42 Å². The Morgan fingerprint density at radius 3 is 2.38 bits per heavy atom. The van der Waals surface area contributed by atoms with Crippen molar-refractivity contribution in [1.82, 2.24) is 10.3 Å². The van der Waals surface area contributed by atoms with Gasteiger partial charge in [-0.1, -0.05) is 47.6 Å². The van der Waals surface area contributed by atoms with E-state index >= 15 is 0 Å². The quantitative estimate of drug-likeness (QED) is 0.290. The highest BCUT2D eigenvalue weighted by Gasteiger charge is 2.22. The maximum absolute atomic E-state index is 6.09. The lowest BCUT2D eigenvalue weighted by atomic mass is 10.2. The molecule has 6 heteroatoms. The molecule has 0 aliphatic carbocycles. The zero-order valence-electron chi connectivity index (χ0n) is 17.7. The number of pyridine rings is 1. The average Bonchev–Trinajstić information content (AvgIpc) is 2.82. The Kier molecular flexibility index (Phi) is 6.49. The molecule has 0 atom stereocenters. The first-order valence-corrected chi connectivity index (χ1v) is 12.1. The third kappa shape index (κ3) is 4.56. The van der Waals surface area contributed by atoms with E-state index in [-0.39, 0.29) is 0 Å². The Morgan fingerprint density at radius 2 is 1.59 bits per heavy atom. The Labute approximate surface area is 198 Å². The highest BCUT2D eigenvalue weighted by molar-refractivity contribution is 7.99. The molecule has 4 aromatic rings. The second-order valence-electron chi connectivity index (χ2n) is 7.74. The van der Waals surface area contributed by atoms with Gasteiger partial charge in [0.05, 0.1) is 16.9 Å². The number of benzene rings is 3. The number of rotatable bonds is 8.